The van der Waals surface area contributed by atoms with Gasteiger partial charge in [0.1, 0.15) is 0 Å². The van der Waals surface area contributed by atoms with E-state index in [2.05, 4.69) is 26.6 Å². The van der Waals surface area contributed by atoms with Crippen molar-refractivity contribution in [3.8, 4) is 0 Å². The van der Waals surface area contributed by atoms with Crippen LogP contribution in [0.1, 0.15) is 36.4 Å². The zero-order valence-corrected chi connectivity index (χ0v) is 14.6. The van der Waals surface area contributed by atoms with Gasteiger partial charge in [-0.1, -0.05) is 26.0 Å². The molecule has 6 heteroatoms. The summed E-state index contributed by atoms with van der Waals surface area (Å²) in [5.74, 6) is -0.0762. The summed E-state index contributed by atoms with van der Waals surface area (Å²) in [5.41, 5.74) is 1.62. The van der Waals surface area contributed by atoms with E-state index in [-0.39, 0.29) is 23.5 Å². The smallest absolute Gasteiger partial charge is 0.287 e. The van der Waals surface area contributed by atoms with E-state index < -0.39 is 0 Å². The number of hydrogen-bond acceptors (Lipinski definition) is 3. The Kier molecular flexibility index (Phi) is 5.98. The lowest BCUT2D eigenvalue weighted by molar-refractivity contribution is -0.119. The van der Waals surface area contributed by atoms with Crippen molar-refractivity contribution in [2.75, 3.05) is 5.32 Å². The lowest BCUT2D eigenvalue weighted by Crippen LogP contribution is -2.22. The Morgan fingerprint density at radius 3 is 2.70 bits per heavy atom. The largest absolute Gasteiger partial charge is 0.444 e. The fourth-order valence-electron chi connectivity index (χ4n) is 1.92. The molecule has 0 saturated carbocycles. The second-order valence-electron chi connectivity index (χ2n) is 5.29. The van der Waals surface area contributed by atoms with Crippen LogP contribution < -0.4 is 10.6 Å². The molecule has 1 aromatic heterocycles. The highest BCUT2D eigenvalue weighted by molar-refractivity contribution is 9.10. The number of carbonyl (C=O) groups excluding carboxylic acids is 2. The van der Waals surface area contributed by atoms with E-state index >= 15 is 0 Å². The van der Waals surface area contributed by atoms with E-state index in [0.29, 0.717) is 11.2 Å². The van der Waals surface area contributed by atoms with Crippen molar-refractivity contribution in [3.05, 3.63) is 52.4 Å². The maximum absolute atomic E-state index is 11.9. The van der Waals surface area contributed by atoms with Crippen LogP contribution in [0.2, 0.25) is 0 Å². The number of halogens is 1. The molecule has 0 unspecified atom stereocenters. The molecule has 1 atom stereocenters. The standard InChI is InChI=1S/C17H19BrN2O3/c1-3-11(2)16(21)20-13-6-4-5-12(9-13)10-19-17(22)14-7-8-15(18)23-14/h4-9,11H,3,10H2,1-2H3,(H,19,22)(H,20,21)/t11-/m0/s1. The molecule has 0 aliphatic rings. The van der Waals surface area contributed by atoms with Gasteiger partial charge < -0.3 is 15.1 Å². The van der Waals surface area contributed by atoms with Gasteiger partial charge >= 0.3 is 0 Å². The second kappa shape index (κ2) is 7.97. The monoisotopic (exact) mass is 378 g/mol. The third kappa shape index (κ3) is 4.96. The van der Waals surface area contributed by atoms with Gasteiger partial charge in [-0.3, -0.25) is 9.59 Å². The molecular formula is C17H19BrN2O3. The predicted octanol–water partition coefficient (Wildman–Crippen LogP) is 3.96. The SMILES string of the molecule is CC[C@H](C)C(=O)Nc1cccc(CNC(=O)c2ccc(Br)o2)c1. The van der Waals surface area contributed by atoms with E-state index in [0.717, 1.165) is 17.7 Å². The number of benzene rings is 1. The van der Waals surface area contributed by atoms with Crippen LogP contribution in [0.15, 0.2) is 45.5 Å². The Morgan fingerprint density at radius 2 is 2.04 bits per heavy atom. The average Bonchev–Trinajstić information content (AvgIpc) is 2.98. The Balaban J connectivity index is 1.94. The normalized spacial score (nSPS) is 11.8. The first-order chi connectivity index (χ1) is 11.0. The zero-order valence-electron chi connectivity index (χ0n) is 13.1. The van der Waals surface area contributed by atoms with Gasteiger partial charge in [-0.15, -0.1) is 0 Å². The molecule has 0 spiro atoms. The van der Waals surface area contributed by atoms with Crippen molar-refractivity contribution in [2.24, 2.45) is 5.92 Å². The lowest BCUT2D eigenvalue weighted by atomic mass is 10.1. The molecule has 2 aromatic rings. The van der Waals surface area contributed by atoms with Crippen molar-refractivity contribution in [1.82, 2.24) is 5.32 Å². The average molecular weight is 379 g/mol. The summed E-state index contributed by atoms with van der Waals surface area (Å²) in [7, 11) is 0. The van der Waals surface area contributed by atoms with Crippen molar-refractivity contribution in [1.29, 1.82) is 0 Å². The zero-order chi connectivity index (χ0) is 16.8. The molecule has 1 aromatic carbocycles. The molecule has 0 fully saturated rings. The predicted molar refractivity (Wildman–Crippen MR) is 92.1 cm³/mol. The van der Waals surface area contributed by atoms with Crippen LogP contribution in [0.5, 0.6) is 0 Å². The van der Waals surface area contributed by atoms with Crippen LogP contribution in [0.4, 0.5) is 5.69 Å². The molecule has 0 bridgehead atoms. The summed E-state index contributed by atoms with van der Waals surface area (Å²) in [4.78, 5) is 23.8. The second-order valence-corrected chi connectivity index (χ2v) is 6.07. The number of hydrogen-bond donors (Lipinski definition) is 2. The minimum absolute atomic E-state index is 0.00544. The van der Waals surface area contributed by atoms with Crippen LogP contribution >= 0.6 is 15.9 Å². The number of amides is 2. The molecule has 0 saturated heterocycles. The van der Waals surface area contributed by atoms with Crippen molar-refractivity contribution in [2.45, 2.75) is 26.8 Å². The summed E-state index contributed by atoms with van der Waals surface area (Å²) in [6.45, 7) is 4.22. The maximum Gasteiger partial charge on any atom is 0.287 e. The van der Waals surface area contributed by atoms with Crippen molar-refractivity contribution < 1.29 is 14.0 Å². The Bertz CT molecular complexity index is 697. The van der Waals surface area contributed by atoms with Gasteiger partial charge in [0.2, 0.25) is 5.91 Å². The van der Waals surface area contributed by atoms with Gasteiger partial charge in [-0.2, -0.15) is 0 Å². The van der Waals surface area contributed by atoms with Gasteiger partial charge in [0.05, 0.1) is 0 Å². The molecular weight excluding hydrogens is 360 g/mol. The van der Waals surface area contributed by atoms with Crippen LogP contribution in [0, 0.1) is 5.92 Å². The summed E-state index contributed by atoms with van der Waals surface area (Å²) >= 11 is 3.16. The van der Waals surface area contributed by atoms with Gasteiger partial charge in [-0.25, -0.2) is 0 Å². The van der Waals surface area contributed by atoms with E-state index in [9.17, 15) is 9.59 Å². The molecule has 1 heterocycles. The molecule has 2 amide bonds. The van der Waals surface area contributed by atoms with E-state index in [1.807, 2.05) is 38.1 Å². The third-order valence-electron chi connectivity index (χ3n) is 3.50. The molecule has 0 aliphatic heterocycles. The molecule has 5 nitrogen and oxygen atoms in total. The molecule has 23 heavy (non-hydrogen) atoms. The first-order valence-electron chi connectivity index (χ1n) is 7.43. The Labute approximate surface area is 143 Å². The number of nitrogens with one attached hydrogen (secondary N) is 2. The van der Waals surface area contributed by atoms with Crippen molar-refractivity contribution >= 4 is 33.4 Å². The molecule has 0 radical (unpaired) electrons. The number of carbonyl (C=O) groups is 2. The first kappa shape index (κ1) is 17.3. The summed E-state index contributed by atoms with van der Waals surface area (Å²) in [5, 5.41) is 5.66. The number of furan rings is 1. The Morgan fingerprint density at radius 1 is 1.26 bits per heavy atom. The minimum atomic E-state index is -0.287. The minimum Gasteiger partial charge on any atom is -0.444 e. The topological polar surface area (TPSA) is 71.3 Å². The van der Waals surface area contributed by atoms with Crippen LogP contribution in [0.25, 0.3) is 0 Å². The number of anilines is 1. The quantitative estimate of drug-likeness (QED) is 0.798. The molecule has 2 rings (SSSR count). The maximum atomic E-state index is 11.9. The van der Waals surface area contributed by atoms with Gasteiger partial charge in [0, 0.05) is 18.2 Å². The van der Waals surface area contributed by atoms with Gasteiger partial charge in [0.15, 0.2) is 10.4 Å². The molecule has 0 aliphatic carbocycles. The highest BCUT2D eigenvalue weighted by Crippen LogP contribution is 2.15. The van der Waals surface area contributed by atoms with Crippen LogP contribution in [-0.2, 0) is 11.3 Å². The fraction of sp³-hybridized carbons (Fsp3) is 0.294. The van der Waals surface area contributed by atoms with Gasteiger partial charge in [-0.05, 0) is 52.2 Å². The summed E-state index contributed by atoms with van der Waals surface area (Å²) in [6, 6.07) is 10.7. The van der Waals surface area contributed by atoms with Crippen LogP contribution in [0.3, 0.4) is 0 Å². The highest BCUT2D eigenvalue weighted by atomic mass is 79.9. The molecule has 122 valence electrons. The van der Waals surface area contributed by atoms with Crippen molar-refractivity contribution in [3.63, 3.8) is 0 Å². The molecule has 2 N–H and O–H groups in total. The third-order valence-corrected chi connectivity index (χ3v) is 3.93. The first-order valence-corrected chi connectivity index (χ1v) is 8.22. The van der Waals surface area contributed by atoms with Crippen LogP contribution in [-0.4, -0.2) is 11.8 Å². The fourth-order valence-corrected chi connectivity index (χ4v) is 2.22. The van der Waals surface area contributed by atoms with E-state index in [1.54, 1.807) is 12.1 Å². The van der Waals surface area contributed by atoms with E-state index in [4.69, 9.17) is 4.42 Å². The Hall–Kier alpha value is -2.08. The highest BCUT2D eigenvalue weighted by Gasteiger charge is 2.12. The summed E-state index contributed by atoms with van der Waals surface area (Å²) < 4.78 is 5.71. The summed E-state index contributed by atoms with van der Waals surface area (Å²) in [6.07, 6.45) is 0.792. The lowest BCUT2D eigenvalue weighted by Gasteiger charge is -2.11. The van der Waals surface area contributed by atoms with E-state index in [1.165, 1.54) is 0 Å². The number of rotatable bonds is 6. The van der Waals surface area contributed by atoms with Gasteiger partial charge in [0.25, 0.3) is 5.91 Å².